The molecule has 0 radical (unpaired) electrons. The summed E-state index contributed by atoms with van der Waals surface area (Å²) in [6.07, 6.45) is 2.69. The van der Waals surface area contributed by atoms with Crippen LogP contribution in [0.2, 0.25) is 0 Å². The van der Waals surface area contributed by atoms with Gasteiger partial charge in [-0.3, -0.25) is 0 Å². The van der Waals surface area contributed by atoms with Crippen LogP contribution >= 0.6 is 0 Å². The van der Waals surface area contributed by atoms with Crippen LogP contribution in [0, 0.1) is 0 Å². The van der Waals surface area contributed by atoms with E-state index in [-0.39, 0.29) is 10.9 Å². The van der Waals surface area contributed by atoms with Gasteiger partial charge in [-0.2, -0.15) is 0 Å². The summed E-state index contributed by atoms with van der Waals surface area (Å²) in [5, 5.41) is 3.14. The molecule has 0 spiro atoms. The van der Waals surface area contributed by atoms with E-state index in [0.29, 0.717) is 18.8 Å². The summed E-state index contributed by atoms with van der Waals surface area (Å²) in [4.78, 5) is 0.275. The van der Waals surface area contributed by atoms with E-state index in [1.54, 1.807) is 18.2 Å². The third-order valence-electron chi connectivity index (χ3n) is 2.93. The van der Waals surface area contributed by atoms with Gasteiger partial charge in [0.25, 0.3) is 0 Å². The number of rotatable bonds is 9. The first-order chi connectivity index (χ1) is 9.51. The molecular weight excluding hydrogens is 274 g/mol. The van der Waals surface area contributed by atoms with Crippen molar-refractivity contribution in [3.05, 3.63) is 24.3 Å². The van der Waals surface area contributed by atoms with Crippen molar-refractivity contribution < 1.29 is 8.42 Å². The Hall–Kier alpha value is -1.11. The van der Waals surface area contributed by atoms with Crippen molar-refractivity contribution in [2.24, 2.45) is 5.73 Å². The van der Waals surface area contributed by atoms with Gasteiger partial charge in [-0.25, -0.2) is 13.1 Å². The molecule has 5 nitrogen and oxygen atoms in total. The van der Waals surface area contributed by atoms with Crippen molar-refractivity contribution in [3.63, 3.8) is 0 Å². The molecule has 0 saturated carbocycles. The van der Waals surface area contributed by atoms with Crippen LogP contribution in [0.5, 0.6) is 0 Å². The van der Waals surface area contributed by atoms with Gasteiger partial charge in [0.05, 0.1) is 5.69 Å². The van der Waals surface area contributed by atoms with Crippen LogP contribution in [0.15, 0.2) is 29.2 Å². The van der Waals surface area contributed by atoms with Gasteiger partial charge in [0, 0.05) is 19.1 Å². The van der Waals surface area contributed by atoms with E-state index >= 15 is 0 Å². The average molecular weight is 299 g/mol. The van der Waals surface area contributed by atoms with Gasteiger partial charge in [-0.1, -0.05) is 32.4 Å². The molecule has 0 saturated heterocycles. The number of anilines is 1. The lowest BCUT2D eigenvalue weighted by molar-refractivity contribution is 0.580. The van der Waals surface area contributed by atoms with E-state index in [9.17, 15) is 8.42 Å². The molecule has 4 N–H and O–H groups in total. The fourth-order valence-corrected chi connectivity index (χ4v) is 3.19. The molecule has 6 heteroatoms. The minimum atomic E-state index is -3.47. The number of hydrogen-bond donors (Lipinski definition) is 3. The lowest BCUT2D eigenvalue weighted by atomic mass is 10.2. The van der Waals surface area contributed by atoms with E-state index in [4.69, 9.17) is 5.73 Å². The topological polar surface area (TPSA) is 84.2 Å². The molecule has 1 atom stereocenters. The molecule has 114 valence electrons. The van der Waals surface area contributed by atoms with Gasteiger partial charge < -0.3 is 11.1 Å². The summed E-state index contributed by atoms with van der Waals surface area (Å²) >= 11 is 0. The summed E-state index contributed by atoms with van der Waals surface area (Å²) < 4.78 is 27.0. The van der Waals surface area contributed by atoms with Crippen LogP contribution in [0.4, 0.5) is 5.69 Å². The molecule has 0 aliphatic rings. The van der Waals surface area contributed by atoms with Crippen molar-refractivity contribution in [2.75, 3.05) is 18.4 Å². The zero-order chi connectivity index (χ0) is 15.0. The number of hydrogen-bond acceptors (Lipinski definition) is 4. The van der Waals surface area contributed by atoms with Gasteiger partial charge in [-0.15, -0.1) is 0 Å². The first-order valence-electron chi connectivity index (χ1n) is 7.09. The Labute approximate surface area is 122 Å². The van der Waals surface area contributed by atoms with Crippen molar-refractivity contribution in [2.45, 2.75) is 44.0 Å². The number of benzene rings is 1. The summed E-state index contributed by atoms with van der Waals surface area (Å²) in [5.74, 6) is 0. The Balaban J connectivity index is 2.83. The smallest absolute Gasteiger partial charge is 0.242 e. The van der Waals surface area contributed by atoms with Crippen LogP contribution < -0.4 is 15.8 Å². The Morgan fingerprint density at radius 3 is 2.55 bits per heavy atom. The van der Waals surface area contributed by atoms with Crippen molar-refractivity contribution in [1.29, 1.82) is 0 Å². The van der Waals surface area contributed by atoms with Crippen molar-refractivity contribution >= 4 is 15.7 Å². The zero-order valence-electron chi connectivity index (χ0n) is 12.2. The highest BCUT2D eigenvalue weighted by Crippen LogP contribution is 2.20. The Morgan fingerprint density at radius 1 is 1.20 bits per heavy atom. The maximum absolute atomic E-state index is 12.2. The molecule has 0 aliphatic heterocycles. The molecule has 1 rings (SSSR count). The van der Waals surface area contributed by atoms with Crippen molar-refractivity contribution in [1.82, 2.24) is 4.72 Å². The van der Waals surface area contributed by atoms with Gasteiger partial charge in [0.2, 0.25) is 10.0 Å². The molecule has 20 heavy (non-hydrogen) atoms. The van der Waals surface area contributed by atoms with Crippen LogP contribution in [0.25, 0.3) is 0 Å². The summed E-state index contributed by atoms with van der Waals surface area (Å²) in [5.41, 5.74) is 6.54. The van der Waals surface area contributed by atoms with E-state index in [2.05, 4.69) is 17.0 Å². The number of para-hydroxylation sites is 1. The second-order valence-electron chi connectivity index (χ2n) is 4.82. The second kappa shape index (κ2) is 8.24. The highest BCUT2D eigenvalue weighted by atomic mass is 32.2. The highest BCUT2D eigenvalue weighted by molar-refractivity contribution is 7.89. The first-order valence-corrected chi connectivity index (χ1v) is 8.57. The van der Waals surface area contributed by atoms with Crippen LogP contribution in [-0.4, -0.2) is 27.5 Å². The van der Waals surface area contributed by atoms with E-state index in [1.165, 1.54) is 0 Å². The normalized spacial score (nSPS) is 13.2. The monoisotopic (exact) mass is 299 g/mol. The molecule has 0 heterocycles. The quantitative estimate of drug-likeness (QED) is 0.650. The van der Waals surface area contributed by atoms with Crippen molar-refractivity contribution in [3.8, 4) is 0 Å². The predicted molar refractivity (Wildman–Crippen MR) is 83.3 cm³/mol. The SMILES string of the molecule is CCCNS(=O)(=O)c1ccccc1NCC(N)CCC. The fraction of sp³-hybridized carbons (Fsp3) is 0.571. The first kappa shape index (κ1) is 16.9. The minimum Gasteiger partial charge on any atom is -0.382 e. The lowest BCUT2D eigenvalue weighted by Gasteiger charge is -2.16. The lowest BCUT2D eigenvalue weighted by Crippen LogP contribution is -2.30. The average Bonchev–Trinajstić information content (AvgIpc) is 2.43. The Bertz CT molecular complexity index is 503. The summed E-state index contributed by atoms with van der Waals surface area (Å²) in [6.45, 7) is 5.00. The molecular formula is C14H25N3O2S. The van der Waals surface area contributed by atoms with Crippen LogP contribution in [0.3, 0.4) is 0 Å². The van der Waals surface area contributed by atoms with Gasteiger partial charge in [0.1, 0.15) is 4.90 Å². The van der Waals surface area contributed by atoms with E-state index < -0.39 is 10.0 Å². The summed E-state index contributed by atoms with van der Waals surface area (Å²) in [6, 6.07) is 6.93. The van der Waals surface area contributed by atoms with Gasteiger partial charge in [0.15, 0.2) is 0 Å². The standard InChI is InChI=1S/C14H25N3O2S/c1-3-7-12(15)11-16-13-8-5-6-9-14(13)20(18,19)17-10-4-2/h5-6,8-9,12,16-17H,3-4,7,10-11,15H2,1-2H3. The fourth-order valence-electron chi connectivity index (χ4n) is 1.88. The van der Waals surface area contributed by atoms with Crippen LogP contribution in [-0.2, 0) is 10.0 Å². The third kappa shape index (κ3) is 5.11. The Morgan fingerprint density at radius 2 is 1.90 bits per heavy atom. The van der Waals surface area contributed by atoms with Gasteiger partial charge in [-0.05, 0) is 25.0 Å². The molecule has 1 aromatic rings. The Kier molecular flexibility index (Phi) is 6.98. The molecule has 1 aromatic carbocycles. The maximum atomic E-state index is 12.2. The van der Waals surface area contributed by atoms with E-state index in [0.717, 1.165) is 19.3 Å². The predicted octanol–water partition coefficient (Wildman–Crippen LogP) is 1.91. The van der Waals surface area contributed by atoms with Crippen LogP contribution in [0.1, 0.15) is 33.1 Å². The number of nitrogens with one attached hydrogen (secondary N) is 2. The number of sulfonamides is 1. The molecule has 1 unspecified atom stereocenters. The molecule has 0 fully saturated rings. The molecule has 0 aromatic heterocycles. The highest BCUT2D eigenvalue weighted by Gasteiger charge is 2.17. The molecule has 0 bridgehead atoms. The maximum Gasteiger partial charge on any atom is 0.242 e. The number of nitrogens with two attached hydrogens (primary N) is 1. The minimum absolute atomic E-state index is 0.0272. The second-order valence-corrected chi connectivity index (χ2v) is 6.56. The van der Waals surface area contributed by atoms with E-state index in [1.807, 2.05) is 13.0 Å². The molecule has 0 aliphatic carbocycles. The third-order valence-corrected chi connectivity index (χ3v) is 4.45. The zero-order valence-corrected chi connectivity index (χ0v) is 13.0. The summed E-state index contributed by atoms with van der Waals surface area (Å²) in [7, 11) is -3.47. The van der Waals surface area contributed by atoms with Gasteiger partial charge >= 0.3 is 0 Å². The largest absolute Gasteiger partial charge is 0.382 e. The molecule has 0 amide bonds.